The van der Waals surface area contributed by atoms with Crippen LogP contribution < -0.4 is 5.73 Å². The van der Waals surface area contributed by atoms with Crippen molar-refractivity contribution in [3.63, 3.8) is 0 Å². The van der Waals surface area contributed by atoms with Crippen LogP contribution in [0.4, 0.5) is 5.82 Å². The normalized spacial score (nSPS) is 20.4. The van der Waals surface area contributed by atoms with Crippen LogP contribution in [-0.4, -0.2) is 9.78 Å². The van der Waals surface area contributed by atoms with Crippen molar-refractivity contribution < 1.29 is 0 Å². The Balaban J connectivity index is 2.25. The molecule has 1 aliphatic carbocycles. The topological polar surface area (TPSA) is 43.8 Å². The van der Waals surface area contributed by atoms with Crippen LogP contribution in [-0.2, 0) is 19.4 Å². The molecule has 0 aliphatic heterocycles. The molecule has 17 heavy (non-hydrogen) atoms. The summed E-state index contributed by atoms with van der Waals surface area (Å²) in [7, 11) is 0. The first-order valence-electron chi connectivity index (χ1n) is 6.77. The monoisotopic (exact) mass is 235 g/mol. The van der Waals surface area contributed by atoms with Gasteiger partial charge >= 0.3 is 0 Å². The SMILES string of the molecule is CCCn1nc2c(c1N)CC(C(C)(C)C)CC2. The van der Waals surface area contributed by atoms with E-state index in [1.807, 2.05) is 4.68 Å². The molecule has 0 fully saturated rings. The Labute approximate surface area is 104 Å². The average molecular weight is 235 g/mol. The molecule has 0 bridgehead atoms. The molecule has 1 aromatic heterocycles. The van der Waals surface area contributed by atoms with Crippen molar-refractivity contribution in [1.29, 1.82) is 0 Å². The molecule has 1 aromatic rings. The number of nitrogens with two attached hydrogens (primary N) is 1. The molecule has 0 saturated heterocycles. The first kappa shape index (κ1) is 12.5. The molecule has 1 atom stereocenters. The lowest BCUT2D eigenvalue weighted by Gasteiger charge is -2.33. The predicted octanol–water partition coefficient (Wildman–Crippen LogP) is 3.03. The van der Waals surface area contributed by atoms with Gasteiger partial charge in [-0.05, 0) is 37.0 Å². The van der Waals surface area contributed by atoms with Gasteiger partial charge in [-0.1, -0.05) is 27.7 Å². The highest BCUT2D eigenvalue weighted by atomic mass is 15.3. The summed E-state index contributed by atoms with van der Waals surface area (Å²) < 4.78 is 2.00. The standard InChI is InChI=1S/C14H25N3/c1-5-8-17-13(15)11-9-10(14(2,3)4)6-7-12(11)16-17/h10H,5-9,15H2,1-4H3. The molecular weight excluding hydrogens is 210 g/mol. The van der Waals surface area contributed by atoms with Gasteiger partial charge in [0.1, 0.15) is 5.82 Å². The van der Waals surface area contributed by atoms with Crippen LogP contribution in [0, 0.1) is 11.3 Å². The van der Waals surface area contributed by atoms with E-state index in [0.717, 1.165) is 37.5 Å². The minimum absolute atomic E-state index is 0.372. The Hall–Kier alpha value is -0.990. The number of anilines is 1. The Kier molecular flexibility index (Phi) is 3.19. The van der Waals surface area contributed by atoms with Crippen LogP contribution in [0.25, 0.3) is 0 Å². The van der Waals surface area contributed by atoms with E-state index in [9.17, 15) is 0 Å². The summed E-state index contributed by atoms with van der Waals surface area (Å²) >= 11 is 0. The Morgan fingerprint density at radius 3 is 2.71 bits per heavy atom. The van der Waals surface area contributed by atoms with Gasteiger partial charge in [-0.25, -0.2) is 4.68 Å². The molecule has 96 valence electrons. The van der Waals surface area contributed by atoms with E-state index in [4.69, 9.17) is 5.73 Å². The summed E-state index contributed by atoms with van der Waals surface area (Å²) in [4.78, 5) is 0. The van der Waals surface area contributed by atoms with E-state index in [2.05, 4.69) is 32.8 Å². The highest BCUT2D eigenvalue weighted by molar-refractivity contribution is 5.45. The third-order valence-electron chi connectivity index (χ3n) is 4.02. The third-order valence-corrected chi connectivity index (χ3v) is 4.02. The van der Waals surface area contributed by atoms with Gasteiger partial charge in [0.05, 0.1) is 5.69 Å². The second kappa shape index (κ2) is 4.35. The summed E-state index contributed by atoms with van der Waals surface area (Å²) in [6, 6.07) is 0. The number of hydrogen-bond acceptors (Lipinski definition) is 2. The van der Waals surface area contributed by atoms with Gasteiger partial charge in [0.25, 0.3) is 0 Å². The maximum Gasteiger partial charge on any atom is 0.125 e. The summed E-state index contributed by atoms with van der Waals surface area (Å²) in [5.41, 5.74) is 9.16. The van der Waals surface area contributed by atoms with Crippen molar-refractivity contribution in [2.75, 3.05) is 5.73 Å². The second-order valence-electron chi connectivity index (χ2n) is 6.34. The first-order valence-corrected chi connectivity index (χ1v) is 6.77. The molecule has 2 N–H and O–H groups in total. The van der Waals surface area contributed by atoms with E-state index in [0.29, 0.717) is 5.41 Å². The van der Waals surface area contributed by atoms with E-state index >= 15 is 0 Å². The van der Waals surface area contributed by atoms with Crippen LogP contribution in [0.5, 0.6) is 0 Å². The maximum atomic E-state index is 6.22. The van der Waals surface area contributed by atoms with Crippen molar-refractivity contribution in [2.45, 2.75) is 59.9 Å². The molecular formula is C14H25N3. The Morgan fingerprint density at radius 1 is 1.41 bits per heavy atom. The molecule has 2 rings (SSSR count). The summed E-state index contributed by atoms with van der Waals surface area (Å²) in [6.45, 7) is 10.1. The number of nitrogen functional groups attached to an aromatic ring is 1. The van der Waals surface area contributed by atoms with Crippen LogP contribution in [0.2, 0.25) is 0 Å². The average Bonchev–Trinajstić information content (AvgIpc) is 2.55. The van der Waals surface area contributed by atoms with Crippen molar-refractivity contribution >= 4 is 5.82 Å². The highest BCUT2D eigenvalue weighted by Gasteiger charge is 2.31. The Bertz CT molecular complexity index is 398. The predicted molar refractivity (Wildman–Crippen MR) is 71.9 cm³/mol. The minimum atomic E-state index is 0.372. The van der Waals surface area contributed by atoms with E-state index < -0.39 is 0 Å². The van der Waals surface area contributed by atoms with Crippen LogP contribution in [0.1, 0.15) is 51.8 Å². The number of fused-ring (bicyclic) bond motifs is 1. The zero-order chi connectivity index (χ0) is 12.6. The summed E-state index contributed by atoms with van der Waals surface area (Å²) in [5, 5.41) is 4.65. The van der Waals surface area contributed by atoms with Gasteiger partial charge in [0.2, 0.25) is 0 Å². The van der Waals surface area contributed by atoms with Gasteiger partial charge < -0.3 is 5.73 Å². The lowest BCUT2D eigenvalue weighted by atomic mass is 9.72. The molecule has 1 unspecified atom stereocenters. The van der Waals surface area contributed by atoms with Crippen LogP contribution in [0.3, 0.4) is 0 Å². The number of hydrogen-bond donors (Lipinski definition) is 1. The van der Waals surface area contributed by atoms with Gasteiger partial charge in [-0.2, -0.15) is 5.10 Å². The number of aryl methyl sites for hydroxylation is 2. The van der Waals surface area contributed by atoms with E-state index in [1.165, 1.54) is 17.7 Å². The molecule has 0 saturated carbocycles. The molecule has 1 heterocycles. The first-order chi connectivity index (χ1) is 7.93. The van der Waals surface area contributed by atoms with Crippen molar-refractivity contribution in [2.24, 2.45) is 11.3 Å². The van der Waals surface area contributed by atoms with Crippen LogP contribution in [0.15, 0.2) is 0 Å². The molecule has 3 nitrogen and oxygen atoms in total. The quantitative estimate of drug-likeness (QED) is 0.856. The van der Waals surface area contributed by atoms with E-state index in [1.54, 1.807) is 0 Å². The lowest BCUT2D eigenvalue weighted by Crippen LogP contribution is -2.26. The number of nitrogens with zero attached hydrogens (tertiary/aromatic N) is 2. The highest BCUT2D eigenvalue weighted by Crippen LogP contribution is 2.38. The fourth-order valence-corrected chi connectivity index (χ4v) is 2.77. The molecule has 0 aromatic carbocycles. The molecule has 0 radical (unpaired) electrons. The minimum Gasteiger partial charge on any atom is -0.384 e. The fourth-order valence-electron chi connectivity index (χ4n) is 2.77. The third kappa shape index (κ3) is 2.33. The smallest absolute Gasteiger partial charge is 0.125 e. The van der Waals surface area contributed by atoms with Gasteiger partial charge in [0.15, 0.2) is 0 Å². The van der Waals surface area contributed by atoms with E-state index in [-0.39, 0.29) is 0 Å². The molecule has 1 aliphatic rings. The fraction of sp³-hybridized carbons (Fsp3) is 0.786. The number of aromatic nitrogens is 2. The molecule has 0 spiro atoms. The van der Waals surface area contributed by atoms with Crippen molar-refractivity contribution in [1.82, 2.24) is 9.78 Å². The van der Waals surface area contributed by atoms with Gasteiger partial charge in [-0.3, -0.25) is 0 Å². The second-order valence-corrected chi connectivity index (χ2v) is 6.34. The molecule has 3 heteroatoms. The summed E-state index contributed by atoms with van der Waals surface area (Å²) in [6.07, 6.45) is 4.54. The largest absolute Gasteiger partial charge is 0.384 e. The zero-order valence-electron chi connectivity index (χ0n) is 11.6. The zero-order valence-corrected chi connectivity index (χ0v) is 11.6. The Morgan fingerprint density at radius 2 is 2.12 bits per heavy atom. The van der Waals surface area contributed by atoms with Crippen LogP contribution >= 0.6 is 0 Å². The maximum absolute atomic E-state index is 6.22. The lowest BCUT2D eigenvalue weighted by molar-refractivity contribution is 0.216. The van der Waals surface area contributed by atoms with Gasteiger partial charge in [-0.15, -0.1) is 0 Å². The summed E-state index contributed by atoms with van der Waals surface area (Å²) in [5.74, 6) is 1.65. The van der Waals surface area contributed by atoms with Crippen molar-refractivity contribution in [3.05, 3.63) is 11.3 Å². The molecule has 0 amide bonds. The number of rotatable bonds is 2. The van der Waals surface area contributed by atoms with Gasteiger partial charge in [0, 0.05) is 12.1 Å². The van der Waals surface area contributed by atoms with Crippen molar-refractivity contribution in [3.8, 4) is 0 Å².